The van der Waals surface area contributed by atoms with E-state index in [9.17, 15) is 4.79 Å². The minimum absolute atomic E-state index is 0.194. The standard InChI is InChI=1S/C18H17N3O3/c1-12(19-17(22)13-8-4-3-5-9-13)18-20-16(21-24-18)14-10-6-7-11-15(14)23-2/h3-12H,1-2H3,(H,19,22)/t12-/m0/s1. The maximum absolute atomic E-state index is 12.2. The number of nitrogens with zero attached hydrogens (tertiary/aromatic N) is 2. The number of carbonyl (C=O) groups is 1. The summed E-state index contributed by atoms with van der Waals surface area (Å²) >= 11 is 0. The molecule has 6 heteroatoms. The molecule has 0 radical (unpaired) electrons. The summed E-state index contributed by atoms with van der Waals surface area (Å²) < 4.78 is 10.6. The number of rotatable bonds is 5. The van der Waals surface area contributed by atoms with E-state index in [1.807, 2.05) is 42.5 Å². The number of benzene rings is 2. The average Bonchev–Trinajstić information content (AvgIpc) is 3.12. The summed E-state index contributed by atoms with van der Waals surface area (Å²) in [5.74, 6) is 1.22. The predicted molar refractivity (Wildman–Crippen MR) is 88.6 cm³/mol. The van der Waals surface area contributed by atoms with Crippen LogP contribution < -0.4 is 10.1 Å². The lowest BCUT2D eigenvalue weighted by Crippen LogP contribution is -2.26. The minimum atomic E-state index is -0.409. The van der Waals surface area contributed by atoms with Crippen LogP contribution in [0.25, 0.3) is 11.4 Å². The van der Waals surface area contributed by atoms with Crippen LogP contribution in [0, 0.1) is 0 Å². The number of aromatic nitrogens is 2. The lowest BCUT2D eigenvalue weighted by Gasteiger charge is -2.09. The smallest absolute Gasteiger partial charge is 0.251 e. The Bertz CT molecular complexity index is 830. The number of ether oxygens (including phenoxy) is 1. The van der Waals surface area contributed by atoms with E-state index in [0.29, 0.717) is 23.0 Å². The molecule has 1 N–H and O–H groups in total. The van der Waals surface area contributed by atoms with Crippen molar-refractivity contribution in [2.75, 3.05) is 7.11 Å². The molecule has 122 valence electrons. The second-order valence-corrected chi connectivity index (χ2v) is 5.22. The molecule has 3 aromatic rings. The summed E-state index contributed by atoms with van der Waals surface area (Å²) in [6, 6.07) is 16.0. The molecule has 24 heavy (non-hydrogen) atoms. The third kappa shape index (κ3) is 3.27. The van der Waals surface area contributed by atoms with Gasteiger partial charge in [-0.3, -0.25) is 4.79 Å². The summed E-state index contributed by atoms with van der Waals surface area (Å²) in [6.07, 6.45) is 0. The van der Waals surface area contributed by atoms with Gasteiger partial charge in [-0.1, -0.05) is 35.5 Å². The summed E-state index contributed by atoms with van der Waals surface area (Å²) in [5, 5.41) is 6.82. The van der Waals surface area contributed by atoms with Crippen LogP contribution in [0.15, 0.2) is 59.1 Å². The molecule has 3 rings (SSSR count). The highest BCUT2D eigenvalue weighted by Gasteiger charge is 2.19. The van der Waals surface area contributed by atoms with E-state index >= 15 is 0 Å². The van der Waals surface area contributed by atoms with Gasteiger partial charge in [-0.05, 0) is 31.2 Å². The number of hydrogen-bond acceptors (Lipinski definition) is 5. The van der Waals surface area contributed by atoms with Crippen molar-refractivity contribution in [2.45, 2.75) is 13.0 Å². The molecule has 0 saturated carbocycles. The Morgan fingerprint density at radius 1 is 1.12 bits per heavy atom. The molecule has 0 fully saturated rings. The first-order valence-corrected chi connectivity index (χ1v) is 7.52. The van der Waals surface area contributed by atoms with Crippen LogP contribution >= 0.6 is 0 Å². The Labute approximate surface area is 139 Å². The van der Waals surface area contributed by atoms with E-state index in [1.54, 1.807) is 26.2 Å². The molecule has 0 spiro atoms. The number of methoxy groups -OCH3 is 1. The largest absolute Gasteiger partial charge is 0.496 e. The first kappa shape index (κ1) is 15.7. The van der Waals surface area contributed by atoms with E-state index in [1.165, 1.54) is 0 Å². The van der Waals surface area contributed by atoms with Crippen molar-refractivity contribution in [2.24, 2.45) is 0 Å². The van der Waals surface area contributed by atoms with Crippen molar-refractivity contribution >= 4 is 5.91 Å². The molecule has 0 unspecified atom stereocenters. The Morgan fingerprint density at radius 3 is 2.58 bits per heavy atom. The van der Waals surface area contributed by atoms with E-state index in [-0.39, 0.29) is 5.91 Å². The van der Waals surface area contributed by atoms with E-state index < -0.39 is 6.04 Å². The first-order valence-electron chi connectivity index (χ1n) is 7.52. The Morgan fingerprint density at radius 2 is 1.83 bits per heavy atom. The average molecular weight is 323 g/mol. The van der Waals surface area contributed by atoms with Crippen LogP contribution in [0.4, 0.5) is 0 Å². The number of hydrogen-bond donors (Lipinski definition) is 1. The number of carbonyl (C=O) groups excluding carboxylic acids is 1. The molecule has 1 heterocycles. The van der Waals surface area contributed by atoms with Crippen LogP contribution in [0.2, 0.25) is 0 Å². The quantitative estimate of drug-likeness (QED) is 0.780. The van der Waals surface area contributed by atoms with Crippen molar-refractivity contribution in [3.63, 3.8) is 0 Å². The maximum Gasteiger partial charge on any atom is 0.251 e. The zero-order chi connectivity index (χ0) is 16.9. The predicted octanol–water partition coefficient (Wildman–Crippen LogP) is 3.24. The molecule has 0 aliphatic rings. The van der Waals surface area contributed by atoms with Gasteiger partial charge in [-0.2, -0.15) is 4.98 Å². The molecule has 0 aliphatic carbocycles. The van der Waals surface area contributed by atoms with Crippen LogP contribution in [0.3, 0.4) is 0 Å². The van der Waals surface area contributed by atoms with Gasteiger partial charge in [0.2, 0.25) is 11.7 Å². The lowest BCUT2D eigenvalue weighted by molar-refractivity contribution is 0.0932. The van der Waals surface area contributed by atoms with E-state index in [4.69, 9.17) is 9.26 Å². The second kappa shape index (κ2) is 6.95. The molecular weight excluding hydrogens is 306 g/mol. The fraction of sp³-hybridized carbons (Fsp3) is 0.167. The molecule has 0 saturated heterocycles. The van der Waals surface area contributed by atoms with Gasteiger partial charge in [0.05, 0.1) is 12.7 Å². The SMILES string of the molecule is COc1ccccc1-c1noc([C@H](C)NC(=O)c2ccccc2)n1. The normalized spacial score (nSPS) is 11.8. The van der Waals surface area contributed by atoms with Crippen LogP contribution in [0.5, 0.6) is 5.75 Å². The third-order valence-electron chi connectivity index (χ3n) is 3.54. The van der Waals surface area contributed by atoms with Gasteiger partial charge in [-0.25, -0.2) is 0 Å². The van der Waals surface area contributed by atoms with Gasteiger partial charge in [0.1, 0.15) is 11.8 Å². The number of para-hydroxylation sites is 1. The highest BCUT2D eigenvalue weighted by atomic mass is 16.5. The van der Waals surface area contributed by atoms with Crippen LogP contribution in [-0.2, 0) is 0 Å². The molecule has 1 amide bonds. The molecule has 0 bridgehead atoms. The van der Waals surface area contributed by atoms with Gasteiger partial charge >= 0.3 is 0 Å². The fourth-order valence-electron chi connectivity index (χ4n) is 2.28. The second-order valence-electron chi connectivity index (χ2n) is 5.22. The molecule has 1 aromatic heterocycles. The zero-order valence-corrected chi connectivity index (χ0v) is 13.4. The topological polar surface area (TPSA) is 77.3 Å². The van der Waals surface area contributed by atoms with Crippen LogP contribution in [0.1, 0.15) is 29.2 Å². The number of amides is 1. The van der Waals surface area contributed by atoms with Crippen molar-refractivity contribution < 1.29 is 14.1 Å². The van der Waals surface area contributed by atoms with E-state index in [0.717, 1.165) is 5.56 Å². The maximum atomic E-state index is 12.2. The van der Waals surface area contributed by atoms with Gasteiger partial charge < -0.3 is 14.6 Å². The summed E-state index contributed by atoms with van der Waals surface area (Å²) in [5.41, 5.74) is 1.31. The molecular formula is C18H17N3O3. The highest BCUT2D eigenvalue weighted by Crippen LogP contribution is 2.27. The molecule has 6 nitrogen and oxygen atoms in total. The fourth-order valence-corrected chi connectivity index (χ4v) is 2.28. The highest BCUT2D eigenvalue weighted by molar-refractivity contribution is 5.94. The van der Waals surface area contributed by atoms with Crippen LogP contribution in [-0.4, -0.2) is 23.2 Å². The van der Waals surface area contributed by atoms with Gasteiger partial charge in [0.15, 0.2) is 0 Å². The zero-order valence-electron chi connectivity index (χ0n) is 13.4. The number of nitrogens with one attached hydrogen (secondary N) is 1. The summed E-state index contributed by atoms with van der Waals surface area (Å²) in [4.78, 5) is 16.5. The van der Waals surface area contributed by atoms with Crippen molar-refractivity contribution in [1.29, 1.82) is 0 Å². The van der Waals surface area contributed by atoms with Gasteiger partial charge in [0.25, 0.3) is 5.91 Å². The van der Waals surface area contributed by atoms with Crippen molar-refractivity contribution in [3.05, 3.63) is 66.1 Å². The minimum Gasteiger partial charge on any atom is -0.496 e. The third-order valence-corrected chi connectivity index (χ3v) is 3.54. The molecule has 0 aliphatic heterocycles. The van der Waals surface area contributed by atoms with E-state index in [2.05, 4.69) is 15.5 Å². The van der Waals surface area contributed by atoms with Gasteiger partial charge in [0, 0.05) is 5.56 Å². The first-order chi connectivity index (χ1) is 11.7. The van der Waals surface area contributed by atoms with Crippen molar-refractivity contribution in [3.8, 4) is 17.1 Å². The summed E-state index contributed by atoms with van der Waals surface area (Å²) in [6.45, 7) is 1.79. The molecule has 1 atom stereocenters. The Hall–Kier alpha value is -3.15. The summed E-state index contributed by atoms with van der Waals surface area (Å²) in [7, 11) is 1.59. The van der Waals surface area contributed by atoms with Gasteiger partial charge in [-0.15, -0.1) is 0 Å². The Kier molecular flexibility index (Phi) is 4.56. The lowest BCUT2D eigenvalue weighted by atomic mass is 10.2. The monoisotopic (exact) mass is 323 g/mol. The molecule has 2 aromatic carbocycles. The van der Waals surface area contributed by atoms with Crippen molar-refractivity contribution in [1.82, 2.24) is 15.5 Å². The Balaban J connectivity index is 1.77.